The second kappa shape index (κ2) is 6.82. The summed E-state index contributed by atoms with van der Waals surface area (Å²) in [5.41, 5.74) is -6.22. The van der Waals surface area contributed by atoms with Gasteiger partial charge in [0.05, 0.1) is 12.8 Å². The van der Waals surface area contributed by atoms with E-state index >= 15 is 0 Å². The minimum absolute atomic E-state index is 0.223. The molecule has 4 rings (SSSR count). The number of halogens is 3. The zero-order chi connectivity index (χ0) is 22.6. The zero-order valence-electron chi connectivity index (χ0n) is 16.1. The number of aromatic nitrogens is 4. The monoisotopic (exact) mass is 436 g/mol. The first-order valence-corrected chi connectivity index (χ1v) is 8.91. The summed E-state index contributed by atoms with van der Waals surface area (Å²) in [5, 5.41) is 4.04. The summed E-state index contributed by atoms with van der Waals surface area (Å²) in [4.78, 5) is 47.3. The molecule has 0 radical (unpaired) electrons. The lowest BCUT2D eigenvalue weighted by atomic mass is 9.92. The molecule has 3 aromatic rings. The van der Waals surface area contributed by atoms with Crippen LogP contribution in [0.15, 0.2) is 38.5 Å². The molecule has 3 N–H and O–H groups in total. The van der Waals surface area contributed by atoms with Crippen LogP contribution >= 0.6 is 0 Å². The first-order valence-electron chi connectivity index (χ1n) is 8.91. The van der Waals surface area contributed by atoms with E-state index in [0.717, 1.165) is 4.57 Å². The Kier molecular flexibility index (Phi) is 4.48. The van der Waals surface area contributed by atoms with E-state index in [2.05, 4.69) is 9.97 Å². The van der Waals surface area contributed by atoms with E-state index in [4.69, 9.17) is 4.42 Å². The summed E-state index contributed by atoms with van der Waals surface area (Å²) in [7, 11) is 0. The molecule has 31 heavy (non-hydrogen) atoms. The van der Waals surface area contributed by atoms with E-state index in [-0.39, 0.29) is 12.3 Å². The van der Waals surface area contributed by atoms with Crippen molar-refractivity contribution in [2.75, 3.05) is 10.6 Å². The van der Waals surface area contributed by atoms with Gasteiger partial charge in [-0.05, 0) is 32.0 Å². The molecule has 3 aromatic heterocycles. The molecule has 10 nitrogen and oxygen atoms in total. The molecule has 162 valence electrons. The smallest absolute Gasteiger partial charge is 0.425 e. The molecule has 0 bridgehead atoms. The van der Waals surface area contributed by atoms with E-state index in [9.17, 15) is 27.6 Å². The van der Waals surface area contributed by atoms with Crippen LogP contribution in [0.1, 0.15) is 22.7 Å². The standard InChI is InChI=1S/C18H15F3N6O4/c1-8-6-9(2)23-15(22-8)26-17(18(19,20)21)11-12(24-14(17)29)27(16(30)25-13(11)28)7-10-4-3-5-31-10/h3-6H,7H2,1-2H3,(H,24,29)(H,22,23,26)(H,25,28,30)/t17-/m0/s1. The highest BCUT2D eigenvalue weighted by Crippen LogP contribution is 2.46. The van der Waals surface area contributed by atoms with E-state index in [1.165, 1.54) is 38.3 Å². The minimum Gasteiger partial charge on any atom is -0.467 e. The Balaban J connectivity index is 1.96. The molecule has 1 amide bonds. The molecule has 0 aliphatic carbocycles. The van der Waals surface area contributed by atoms with Crippen LogP contribution in [0.5, 0.6) is 0 Å². The van der Waals surface area contributed by atoms with Gasteiger partial charge in [0.1, 0.15) is 17.1 Å². The number of rotatable bonds is 4. The summed E-state index contributed by atoms with van der Waals surface area (Å²) < 4.78 is 49.1. The summed E-state index contributed by atoms with van der Waals surface area (Å²) in [6.07, 6.45) is -3.98. The number of alkyl halides is 3. The summed E-state index contributed by atoms with van der Waals surface area (Å²) in [5.74, 6) is -2.46. The van der Waals surface area contributed by atoms with Crippen molar-refractivity contribution in [1.29, 1.82) is 0 Å². The van der Waals surface area contributed by atoms with Crippen LogP contribution in [0.2, 0.25) is 0 Å². The Morgan fingerprint density at radius 3 is 2.45 bits per heavy atom. The summed E-state index contributed by atoms with van der Waals surface area (Å²) in [6, 6.07) is 4.53. The largest absolute Gasteiger partial charge is 0.467 e. The van der Waals surface area contributed by atoms with Crippen molar-refractivity contribution in [3.8, 4) is 0 Å². The number of furan rings is 1. The molecule has 1 aliphatic heterocycles. The van der Waals surface area contributed by atoms with E-state index in [0.29, 0.717) is 11.4 Å². The Hall–Kier alpha value is -3.90. The molecule has 0 saturated carbocycles. The number of nitrogens with zero attached hydrogens (tertiary/aromatic N) is 3. The topological polar surface area (TPSA) is 135 Å². The fraction of sp³-hybridized carbons (Fsp3) is 0.278. The van der Waals surface area contributed by atoms with Crippen molar-refractivity contribution < 1.29 is 22.4 Å². The first-order chi connectivity index (χ1) is 14.5. The van der Waals surface area contributed by atoms with Gasteiger partial charge in [-0.15, -0.1) is 0 Å². The highest BCUT2D eigenvalue weighted by atomic mass is 19.4. The van der Waals surface area contributed by atoms with Crippen molar-refractivity contribution in [3.63, 3.8) is 0 Å². The van der Waals surface area contributed by atoms with Gasteiger partial charge in [-0.1, -0.05) is 0 Å². The van der Waals surface area contributed by atoms with Crippen LogP contribution < -0.4 is 21.9 Å². The number of carbonyl (C=O) groups excluding carboxylic acids is 1. The molecule has 0 fully saturated rings. The third kappa shape index (κ3) is 3.17. The van der Waals surface area contributed by atoms with Crippen LogP contribution in [-0.4, -0.2) is 31.6 Å². The fourth-order valence-corrected chi connectivity index (χ4v) is 3.48. The van der Waals surface area contributed by atoms with Crippen molar-refractivity contribution in [3.05, 3.63) is 68.0 Å². The maximum absolute atomic E-state index is 14.4. The average molecular weight is 436 g/mol. The van der Waals surface area contributed by atoms with Crippen molar-refractivity contribution in [2.24, 2.45) is 0 Å². The number of amides is 1. The minimum atomic E-state index is -5.29. The highest BCUT2D eigenvalue weighted by molar-refractivity contribution is 6.07. The zero-order valence-corrected chi connectivity index (χ0v) is 16.1. The van der Waals surface area contributed by atoms with Crippen LogP contribution in [-0.2, 0) is 16.9 Å². The number of nitrogens with one attached hydrogen (secondary N) is 3. The number of carbonyl (C=O) groups is 1. The third-order valence-corrected chi connectivity index (χ3v) is 4.75. The lowest BCUT2D eigenvalue weighted by Gasteiger charge is -2.30. The second-order valence-electron chi connectivity index (χ2n) is 6.95. The van der Waals surface area contributed by atoms with Gasteiger partial charge in [-0.25, -0.2) is 14.8 Å². The molecule has 0 spiro atoms. The van der Waals surface area contributed by atoms with Crippen LogP contribution in [0.25, 0.3) is 0 Å². The molecule has 1 aliphatic rings. The number of H-pyrrole nitrogens is 1. The number of aryl methyl sites for hydroxylation is 2. The molecule has 0 aromatic carbocycles. The molecule has 13 heteroatoms. The van der Waals surface area contributed by atoms with E-state index < -0.39 is 46.2 Å². The maximum Gasteiger partial charge on any atom is 0.425 e. The molecule has 0 saturated heterocycles. The normalized spacial score (nSPS) is 18.0. The van der Waals surface area contributed by atoms with E-state index in [1.54, 1.807) is 0 Å². The second-order valence-corrected chi connectivity index (χ2v) is 6.95. The number of fused-ring (bicyclic) bond motifs is 1. The van der Waals surface area contributed by atoms with Crippen molar-refractivity contribution in [1.82, 2.24) is 19.5 Å². The van der Waals surface area contributed by atoms with Crippen molar-refractivity contribution in [2.45, 2.75) is 32.1 Å². The third-order valence-electron chi connectivity index (χ3n) is 4.75. The number of hydrogen-bond acceptors (Lipinski definition) is 7. The highest BCUT2D eigenvalue weighted by Gasteiger charge is 2.68. The van der Waals surface area contributed by atoms with Gasteiger partial charge in [0.2, 0.25) is 5.95 Å². The van der Waals surface area contributed by atoms with E-state index in [1.807, 2.05) is 15.6 Å². The van der Waals surface area contributed by atoms with Gasteiger partial charge in [0.25, 0.3) is 17.0 Å². The lowest BCUT2D eigenvalue weighted by Crippen LogP contribution is -2.56. The number of anilines is 2. The van der Waals surface area contributed by atoms with Gasteiger partial charge in [-0.2, -0.15) is 13.2 Å². The van der Waals surface area contributed by atoms with Crippen LogP contribution in [0.3, 0.4) is 0 Å². The molecular weight excluding hydrogens is 421 g/mol. The fourth-order valence-electron chi connectivity index (χ4n) is 3.48. The maximum atomic E-state index is 14.4. The van der Waals surface area contributed by atoms with Gasteiger partial charge in [0, 0.05) is 11.4 Å². The van der Waals surface area contributed by atoms with Crippen molar-refractivity contribution >= 4 is 17.7 Å². The molecule has 0 unspecified atom stereocenters. The SMILES string of the molecule is Cc1cc(C)nc(N[C@]2(C(F)(F)F)C(=O)Nc3c2c(=O)[nH]c(=O)n3Cc2ccco2)n1. The van der Waals surface area contributed by atoms with Gasteiger partial charge in [-0.3, -0.25) is 19.1 Å². The average Bonchev–Trinajstić information content (AvgIpc) is 3.24. The predicted octanol–water partition coefficient (Wildman–Crippen LogP) is 1.41. The molecule has 4 heterocycles. The number of aromatic amines is 1. The van der Waals surface area contributed by atoms with Crippen LogP contribution in [0, 0.1) is 13.8 Å². The predicted molar refractivity (Wildman–Crippen MR) is 101 cm³/mol. The molecule has 1 atom stereocenters. The van der Waals surface area contributed by atoms with Crippen LogP contribution in [0.4, 0.5) is 24.9 Å². The Labute approximate surface area is 171 Å². The number of hydrogen-bond donors (Lipinski definition) is 3. The summed E-state index contributed by atoms with van der Waals surface area (Å²) >= 11 is 0. The lowest BCUT2D eigenvalue weighted by molar-refractivity contribution is -0.184. The van der Waals surface area contributed by atoms with Gasteiger partial charge in [0.15, 0.2) is 0 Å². The first kappa shape index (κ1) is 20.4. The quantitative estimate of drug-likeness (QED) is 0.563. The Morgan fingerprint density at radius 1 is 1.19 bits per heavy atom. The molecular formula is C18H15F3N6O4. The Morgan fingerprint density at radius 2 is 1.87 bits per heavy atom. The summed E-state index contributed by atoms with van der Waals surface area (Å²) in [6.45, 7) is 2.76. The van der Waals surface area contributed by atoms with Gasteiger partial charge < -0.3 is 15.1 Å². The Bertz CT molecular complexity index is 1270. The van der Waals surface area contributed by atoms with Gasteiger partial charge >= 0.3 is 11.9 Å².